The Bertz CT molecular complexity index is 694. The summed E-state index contributed by atoms with van der Waals surface area (Å²) < 4.78 is 10.6. The van der Waals surface area contributed by atoms with Crippen LogP contribution in [-0.2, 0) is 9.05 Å². The number of benzene rings is 1. The normalized spacial score (nSPS) is 12.9. The second kappa shape index (κ2) is 17.5. The molecule has 1 aromatic carbocycles. The second-order valence-corrected chi connectivity index (χ2v) is 10.9. The molecule has 0 unspecified atom stereocenters. The van der Waals surface area contributed by atoms with Crippen LogP contribution in [0.15, 0.2) is 23.1 Å². The molecule has 2 N–H and O–H groups in total. The molecule has 6 nitrogen and oxygen atoms in total. The van der Waals surface area contributed by atoms with Gasteiger partial charge in [-0.2, -0.15) is 0 Å². The molecule has 1 aliphatic heterocycles. The molecule has 33 heavy (non-hydrogen) atoms. The van der Waals surface area contributed by atoms with Gasteiger partial charge in [0.05, 0.1) is 24.3 Å². The van der Waals surface area contributed by atoms with E-state index in [2.05, 4.69) is 33.0 Å². The fraction of sp³-hybridized carbons (Fsp3) is 0.680. The van der Waals surface area contributed by atoms with E-state index in [0.29, 0.717) is 24.3 Å². The summed E-state index contributed by atoms with van der Waals surface area (Å²) in [6, 6.07) is 5.28. The van der Waals surface area contributed by atoms with Crippen LogP contribution in [0.3, 0.4) is 0 Å². The highest BCUT2D eigenvalue weighted by atomic mass is 32.2. The van der Waals surface area contributed by atoms with Crippen molar-refractivity contribution in [2.75, 3.05) is 19.5 Å². The number of hydrogen-bond donors (Lipinski definition) is 2. The molecule has 0 fully saturated rings. The van der Waals surface area contributed by atoms with Gasteiger partial charge in [-0.05, 0) is 43.1 Å². The van der Waals surface area contributed by atoms with Gasteiger partial charge in [0.25, 0.3) is 11.8 Å². The first kappa shape index (κ1) is 30.1. The highest BCUT2D eigenvalue weighted by Crippen LogP contribution is 2.33. The highest BCUT2D eigenvalue weighted by Gasteiger charge is 2.28. The largest absolute Gasteiger partial charge is 0.329 e. The molecule has 2 rings (SSSR count). The van der Waals surface area contributed by atoms with Crippen LogP contribution >= 0.6 is 20.4 Å². The third-order valence-corrected chi connectivity index (χ3v) is 6.79. The molecular weight excluding hydrogens is 457 g/mol. The number of unbranched alkanes of at least 4 members (excludes halogenated alkanes) is 4. The zero-order valence-corrected chi connectivity index (χ0v) is 22.6. The Morgan fingerprint density at radius 1 is 0.879 bits per heavy atom. The lowest BCUT2D eigenvalue weighted by atomic mass is 10.1. The summed E-state index contributed by atoms with van der Waals surface area (Å²) >= 11 is 1.47. The minimum Gasteiger partial charge on any atom is -0.328 e. The van der Waals surface area contributed by atoms with Crippen LogP contribution in [0.5, 0.6) is 0 Å². The maximum Gasteiger partial charge on any atom is 0.329 e. The summed E-state index contributed by atoms with van der Waals surface area (Å²) in [5.41, 5.74) is 0.997. The summed E-state index contributed by atoms with van der Waals surface area (Å²) in [4.78, 5) is 32.9. The van der Waals surface area contributed by atoms with Crippen LogP contribution in [0.1, 0.15) is 99.8 Å². The third-order valence-electron chi connectivity index (χ3n) is 5.20. The van der Waals surface area contributed by atoms with Gasteiger partial charge in [0.15, 0.2) is 0 Å². The monoisotopic (exact) mass is 499 g/mol. The molecular formula is C25H42NO5PS. The van der Waals surface area contributed by atoms with Crippen molar-refractivity contribution in [3.63, 3.8) is 0 Å². The Morgan fingerprint density at radius 3 is 1.91 bits per heavy atom. The van der Waals surface area contributed by atoms with Crippen molar-refractivity contribution >= 4 is 32.2 Å². The molecule has 0 aromatic heterocycles. The summed E-state index contributed by atoms with van der Waals surface area (Å²) in [5, 5.41) is 2.27. The maximum atomic E-state index is 11.3. The zero-order valence-electron chi connectivity index (χ0n) is 20.9. The number of nitrogens with one attached hydrogen (secondary N) is 1. The summed E-state index contributed by atoms with van der Waals surface area (Å²) in [6.07, 6.45) is 11.3. The van der Waals surface area contributed by atoms with E-state index in [1.807, 2.05) is 12.3 Å². The van der Waals surface area contributed by atoms with Crippen LogP contribution in [-0.4, -0.2) is 36.2 Å². The molecule has 0 aliphatic carbocycles. The lowest BCUT2D eigenvalue weighted by molar-refractivity contribution is 0.0878. The SMILES string of the molecule is CC(C)CCCCCOP(O)OCCCCCC(C)C.CSc1cccc2c1C(=O)NC2=O. The van der Waals surface area contributed by atoms with Gasteiger partial charge in [0, 0.05) is 4.90 Å². The van der Waals surface area contributed by atoms with Crippen molar-refractivity contribution < 1.29 is 23.5 Å². The molecule has 1 aromatic rings. The van der Waals surface area contributed by atoms with Crippen LogP contribution in [0.25, 0.3) is 0 Å². The Labute approximate surface area is 205 Å². The van der Waals surface area contributed by atoms with Crippen LogP contribution in [0.4, 0.5) is 0 Å². The van der Waals surface area contributed by atoms with Crippen molar-refractivity contribution in [2.45, 2.75) is 84.0 Å². The molecule has 0 atom stereocenters. The number of fused-ring (bicyclic) bond motifs is 1. The average molecular weight is 500 g/mol. The van der Waals surface area contributed by atoms with Crippen LogP contribution in [0, 0.1) is 11.8 Å². The third kappa shape index (κ3) is 12.9. The van der Waals surface area contributed by atoms with E-state index < -0.39 is 8.60 Å². The maximum absolute atomic E-state index is 11.3. The molecule has 8 heteroatoms. The van der Waals surface area contributed by atoms with E-state index in [1.54, 1.807) is 12.1 Å². The predicted octanol–water partition coefficient (Wildman–Crippen LogP) is 6.96. The first-order valence-electron chi connectivity index (χ1n) is 12.0. The molecule has 0 spiro atoms. The van der Waals surface area contributed by atoms with Crippen molar-refractivity contribution in [3.05, 3.63) is 29.3 Å². The topological polar surface area (TPSA) is 84.9 Å². The fourth-order valence-corrected chi connectivity index (χ4v) is 4.61. The standard InChI is InChI=1S/C16H35O3P.C9H7NO2S/c1-15(2)11-7-5-9-13-18-20(17)19-14-10-6-8-12-16(3)4;1-13-6-4-2-3-5-7(6)9(12)10-8(5)11/h15-17H,5-14H2,1-4H3;2-4H,1H3,(H,10,11,12). The van der Waals surface area contributed by atoms with Gasteiger partial charge in [-0.1, -0.05) is 72.3 Å². The molecule has 0 radical (unpaired) electrons. The number of imide groups is 1. The lowest BCUT2D eigenvalue weighted by Crippen LogP contribution is -2.20. The quantitative estimate of drug-likeness (QED) is 0.117. The van der Waals surface area contributed by atoms with E-state index in [-0.39, 0.29) is 11.8 Å². The second-order valence-electron chi connectivity index (χ2n) is 9.06. The van der Waals surface area contributed by atoms with Crippen molar-refractivity contribution in [2.24, 2.45) is 11.8 Å². The molecule has 0 saturated carbocycles. The number of hydrogen-bond acceptors (Lipinski definition) is 6. The van der Waals surface area contributed by atoms with Gasteiger partial charge in [-0.3, -0.25) is 14.9 Å². The number of carbonyl (C=O) groups is 2. The number of rotatable bonds is 15. The smallest absolute Gasteiger partial charge is 0.328 e. The minimum absolute atomic E-state index is 0.287. The summed E-state index contributed by atoms with van der Waals surface area (Å²) in [5.74, 6) is 0.982. The van der Waals surface area contributed by atoms with Gasteiger partial charge >= 0.3 is 8.60 Å². The highest BCUT2D eigenvalue weighted by molar-refractivity contribution is 7.98. The first-order valence-corrected chi connectivity index (χ1v) is 14.4. The van der Waals surface area contributed by atoms with Gasteiger partial charge < -0.3 is 13.9 Å². The molecule has 1 aliphatic rings. The Morgan fingerprint density at radius 2 is 1.42 bits per heavy atom. The van der Waals surface area contributed by atoms with E-state index in [0.717, 1.165) is 29.6 Å². The molecule has 188 valence electrons. The minimum atomic E-state index is -1.65. The predicted molar refractivity (Wildman–Crippen MR) is 138 cm³/mol. The van der Waals surface area contributed by atoms with Crippen LogP contribution < -0.4 is 5.32 Å². The zero-order chi connectivity index (χ0) is 24.6. The number of thioether (sulfide) groups is 1. The Balaban J connectivity index is 0.000000357. The van der Waals surface area contributed by atoms with E-state index in [1.165, 1.54) is 50.3 Å². The Kier molecular flexibility index (Phi) is 15.9. The fourth-order valence-electron chi connectivity index (χ4n) is 3.34. The number of amides is 2. The van der Waals surface area contributed by atoms with Gasteiger partial charge in [0.2, 0.25) is 0 Å². The van der Waals surface area contributed by atoms with Gasteiger partial charge in [0.1, 0.15) is 0 Å². The van der Waals surface area contributed by atoms with Crippen molar-refractivity contribution in [1.82, 2.24) is 5.32 Å². The molecule has 0 saturated heterocycles. The Hall–Kier alpha value is -0.980. The van der Waals surface area contributed by atoms with Gasteiger partial charge in [-0.15, -0.1) is 11.8 Å². The van der Waals surface area contributed by atoms with E-state index in [4.69, 9.17) is 9.05 Å². The summed E-state index contributed by atoms with van der Waals surface area (Å²) in [7, 11) is -1.65. The molecule has 1 heterocycles. The molecule has 0 bridgehead atoms. The lowest BCUT2D eigenvalue weighted by Gasteiger charge is -2.11. The average Bonchev–Trinajstić information content (AvgIpc) is 3.07. The van der Waals surface area contributed by atoms with Crippen LogP contribution in [0.2, 0.25) is 0 Å². The van der Waals surface area contributed by atoms with Crippen molar-refractivity contribution in [1.29, 1.82) is 0 Å². The van der Waals surface area contributed by atoms with E-state index in [9.17, 15) is 14.5 Å². The van der Waals surface area contributed by atoms with Gasteiger partial charge in [-0.25, -0.2) is 0 Å². The van der Waals surface area contributed by atoms with E-state index >= 15 is 0 Å². The van der Waals surface area contributed by atoms with Crippen molar-refractivity contribution in [3.8, 4) is 0 Å². The number of carbonyl (C=O) groups excluding carboxylic acids is 2. The summed E-state index contributed by atoms with van der Waals surface area (Å²) in [6.45, 7) is 10.2. The first-order chi connectivity index (χ1) is 15.8. The molecule has 2 amide bonds.